The van der Waals surface area contributed by atoms with Crippen LogP contribution in [0.4, 0.5) is 11.5 Å². The molecule has 0 aliphatic carbocycles. The van der Waals surface area contributed by atoms with E-state index in [0.29, 0.717) is 19.0 Å². The average Bonchev–Trinajstić information content (AvgIpc) is 2.33. The molecule has 2 heterocycles. The first-order valence-electron chi connectivity index (χ1n) is 5.43. The SMILES string of the molecule is Nc1ncccc1NC1(CO)CCOCC1. The van der Waals surface area contributed by atoms with E-state index in [4.69, 9.17) is 10.5 Å². The smallest absolute Gasteiger partial charge is 0.146 e. The van der Waals surface area contributed by atoms with Gasteiger partial charge in [-0.2, -0.15) is 0 Å². The third-order valence-electron chi connectivity index (χ3n) is 2.99. The van der Waals surface area contributed by atoms with Crippen LogP contribution in [0.2, 0.25) is 0 Å². The number of anilines is 2. The van der Waals surface area contributed by atoms with E-state index >= 15 is 0 Å². The number of nitrogen functional groups attached to an aromatic ring is 1. The van der Waals surface area contributed by atoms with Crippen molar-refractivity contribution in [3.63, 3.8) is 0 Å². The summed E-state index contributed by atoms with van der Waals surface area (Å²) >= 11 is 0. The van der Waals surface area contributed by atoms with Crippen LogP contribution in [0, 0.1) is 0 Å². The van der Waals surface area contributed by atoms with Crippen molar-refractivity contribution in [1.82, 2.24) is 4.98 Å². The van der Waals surface area contributed by atoms with E-state index in [1.807, 2.05) is 12.1 Å². The fraction of sp³-hybridized carbons (Fsp3) is 0.545. The Morgan fingerprint density at radius 3 is 2.88 bits per heavy atom. The predicted molar refractivity (Wildman–Crippen MR) is 62.1 cm³/mol. The Labute approximate surface area is 94.6 Å². The first-order valence-corrected chi connectivity index (χ1v) is 5.43. The summed E-state index contributed by atoms with van der Waals surface area (Å²) in [6.07, 6.45) is 3.20. The van der Waals surface area contributed by atoms with Crippen molar-refractivity contribution < 1.29 is 9.84 Å². The molecule has 0 saturated carbocycles. The van der Waals surface area contributed by atoms with Crippen molar-refractivity contribution >= 4 is 11.5 Å². The number of nitrogens with zero attached hydrogens (tertiary/aromatic N) is 1. The van der Waals surface area contributed by atoms with Gasteiger partial charge in [-0.3, -0.25) is 0 Å². The topological polar surface area (TPSA) is 80.4 Å². The molecule has 0 radical (unpaired) electrons. The molecule has 5 heteroatoms. The van der Waals surface area contributed by atoms with Crippen molar-refractivity contribution in [3.05, 3.63) is 18.3 Å². The summed E-state index contributed by atoms with van der Waals surface area (Å²) in [7, 11) is 0. The van der Waals surface area contributed by atoms with Crippen LogP contribution >= 0.6 is 0 Å². The first-order chi connectivity index (χ1) is 7.76. The molecule has 1 aromatic rings. The molecule has 16 heavy (non-hydrogen) atoms. The van der Waals surface area contributed by atoms with Crippen molar-refractivity contribution in [1.29, 1.82) is 0 Å². The van der Waals surface area contributed by atoms with E-state index < -0.39 is 0 Å². The fourth-order valence-corrected chi connectivity index (χ4v) is 1.89. The van der Waals surface area contributed by atoms with Crippen LogP contribution in [-0.2, 0) is 4.74 Å². The Balaban J connectivity index is 2.15. The van der Waals surface area contributed by atoms with Crippen LogP contribution in [-0.4, -0.2) is 35.5 Å². The van der Waals surface area contributed by atoms with E-state index in [1.165, 1.54) is 0 Å². The molecule has 2 rings (SSSR count). The Kier molecular flexibility index (Phi) is 3.26. The minimum absolute atomic E-state index is 0.0741. The molecule has 1 aliphatic rings. The second-order valence-electron chi connectivity index (χ2n) is 4.11. The molecule has 1 saturated heterocycles. The number of rotatable bonds is 3. The predicted octanol–water partition coefficient (Wildman–Crippen LogP) is 0.617. The maximum absolute atomic E-state index is 9.51. The molecule has 1 fully saturated rings. The summed E-state index contributed by atoms with van der Waals surface area (Å²) in [5.41, 5.74) is 6.22. The number of aromatic nitrogens is 1. The standard InChI is InChI=1S/C11H17N3O2/c12-10-9(2-1-5-13-10)14-11(8-15)3-6-16-7-4-11/h1-2,5,14-15H,3-4,6-8H2,(H2,12,13). The highest BCUT2D eigenvalue weighted by Gasteiger charge is 2.32. The molecular weight excluding hydrogens is 206 g/mol. The molecule has 5 nitrogen and oxygen atoms in total. The number of aliphatic hydroxyl groups excluding tert-OH is 1. The van der Waals surface area contributed by atoms with Gasteiger partial charge in [-0.25, -0.2) is 4.98 Å². The Morgan fingerprint density at radius 2 is 2.25 bits per heavy atom. The van der Waals surface area contributed by atoms with Crippen LogP contribution in [0.15, 0.2) is 18.3 Å². The van der Waals surface area contributed by atoms with Crippen LogP contribution in [0.25, 0.3) is 0 Å². The quantitative estimate of drug-likeness (QED) is 0.700. The largest absolute Gasteiger partial charge is 0.394 e. The van der Waals surface area contributed by atoms with Gasteiger partial charge < -0.3 is 20.9 Å². The summed E-state index contributed by atoms with van der Waals surface area (Å²) in [6.45, 7) is 1.39. The number of pyridine rings is 1. The van der Waals surface area contributed by atoms with Crippen molar-refractivity contribution in [2.75, 3.05) is 30.9 Å². The lowest BCUT2D eigenvalue weighted by Crippen LogP contribution is -2.47. The van der Waals surface area contributed by atoms with Gasteiger partial charge >= 0.3 is 0 Å². The fourth-order valence-electron chi connectivity index (χ4n) is 1.89. The summed E-state index contributed by atoms with van der Waals surface area (Å²) in [5, 5.41) is 12.8. The third kappa shape index (κ3) is 2.25. The Morgan fingerprint density at radius 1 is 1.50 bits per heavy atom. The third-order valence-corrected chi connectivity index (χ3v) is 2.99. The molecule has 0 aromatic carbocycles. The van der Waals surface area contributed by atoms with Crippen molar-refractivity contribution in [3.8, 4) is 0 Å². The molecule has 4 N–H and O–H groups in total. The summed E-state index contributed by atoms with van der Waals surface area (Å²) in [4.78, 5) is 4.01. The highest BCUT2D eigenvalue weighted by molar-refractivity contribution is 5.62. The second-order valence-corrected chi connectivity index (χ2v) is 4.11. The minimum Gasteiger partial charge on any atom is -0.394 e. The highest BCUT2D eigenvalue weighted by atomic mass is 16.5. The molecule has 0 bridgehead atoms. The van der Waals surface area contributed by atoms with E-state index in [2.05, 4.69) is 10.3 Å². The number of nitrogens with two attached hydrogens (primary N) is 1. The number of hydrogen-bond acceptors (Lipinski definition) is 5. The maximum atomic E-state index is 9.51. The van der Waals surface area contributed by atoms with E-state index in [9.17, 15) is 5.11 Å². The van der Waals surface area contributed by atoms with E-state index in [1.54, 1.807) is 6.20 Å². The Hall–Kier alpha value is -1.33. The molecule has 88 valence electrons. The zero-order valence-electron chi connectivity index (χ0n) is 9.15. The molecule has 0 amide bonds. The maximum Gasteiger partial charge on any atom is 0.146 e. The minimum atomic E-state index is -0.324. The lowest BCUT2D eigenvalue weighted by Gasteiger charge is -2.37. The van der Waals surface area contributed by atoms with Gasteiger partial charge in [0.25, 0.3) is 0 Å². The van der Waals surface area contributed by atoms with Gasteiger partial charge in [0.1, 0.15) is 5.82 Å². The Bertz CT molecular complexity index is 351. The van der Waals surface area contributed by atoms with Crippen molar-refractivity contribution in [2.45, 2.75) is 18.4 Å². The molecule has 0 spiro atoms. The first kappa shape index (κ1) is 11.2. The molecule has 0 unspecified atom stereocenters. The average molecular weight is 223 g/mol. The summed E-state index contributed by atoms with van der Waals surface area (Å²) in [5.74, 6) is 0.460. The molecule has 1 aliphatic heterocycles. The van der Waals surface area contributed by atoms with Gasteiger partial charge in [-0.05, 0) is 25.0 Å². The van der Waals surface area contributed by atoms with Crippen LogP contribution in [0.5, 0.6) is 0 Å². The number of ether oxygens (including phenoxy) is 1. The zero-order chi connectivity index (χ0) is 11.4. The van der Waals surface area contributed by atoms with E-state index in [-0.39, 0.29) is 12.1 Å². The van der Waals surface area contributed by atoms with Gasteiger partial charge in [0.15, 0.2) is 0 Å². The number of nitrogens with one attached hydrogen (secondary N) is 1. The number of aliphatic hydroxyl groups is 1. The van der Waals surface area contributed by atoms with Gasteiger partial charge in [-0.15, -0.1) is 0 Å². The molecule has 0 atom stereocenters. The van der Waals surface area contributed by atoms with Gasteiger partial charge in [0.2, 0.25) is 0 Å². The van der Waals surface area contributed by atoms with Gasteiger partial charge in [0, 0.05) is 19.4 Å². The van der Waals surface area contributed by atoms with Crippen LogP contribution in [0.1, 0.15) is 12.8 Å². The second kappa shape index (κ2) is 4.67. The zero-order valence-corrected chi connectivity index (χ0v) is 9.15. The summed E-state index contributed by atoms with van der Waals surface area (Å²) in [6, 6.07) is 3.69. The number of hydrogen-bond donors (Lipinski definition) is 3. The monoisotopic (exact) mass is 223 g/mol. The summed E-state index contributed by atoms with van der Waals surface area (Å²) < 4.78 is 5.30. The normalized spacial score (nSPS) is 19.3. The van der Waals surface area contributed by atoms with E-state index in [0.717, 1.165) is 18.5 Å². The van der Waals surface area contributed by atoms with Gasteiger partial charge in [0.05, 0.1) is 17.8 Å². The molecular formula is C11H17N3O2. The van der Waals surface area contributed by atoms with Crippen molar-refractivity contribution in [2.24, 2.45) is 0 Å². The lowest BCUT2D eigenvalue weighted by molar-refractivity contribution is 0.0380. The van der Waals surface area contributed by atoms with Gasteiger partial charge in [-0.1, -0.05) is 0 Å². The molecule has 1 aromatic heterocycles. The lowest BCUT2D eigenvalue weighted by atomic mass is 9.90. The van der Waals surface area contributed by atoms with Crippen LogP contribution in [0.3, 0.4) is 0 Å². The highest BCUT2D eigenvalue weighted by Crippen LogP contribution is 2.27. The van der Waals surface area contributed by atoms with Crippen LogP contribution < -0.4 is 11.1 Å².